The van der Waals surface area contributed by atoms with Gasteiger partial charge in [-0.3, -0.25) is 0 Å². The summed E-state index contributed by atoms with van der Waals surface area (Å²) in [5, 5.41) is 2.44. The summed E-state index contributed by atoms with van der Waals surface area (Å²) in [5.41, 5.74) is 0.348. The van der Waals surface area contributed by atoms with Gasteiger partial charge >= 0.3 is 7.12 Å². The first kappa shape index (κ1) is 20.4. The number of hydrogen-bond donors (Lipinski definition) is 0. The number of benzene rings is 2. The molecule has 0 N–H and O–H groups in total. The summed E-state index contributed by atoms with van der Waals surface area (Å²) >= 11 is 0. The molecule has 1 fully saturated rings. The highest BCUT2D eigenvalue weighted by atomic mass is 28.4. The SMILES string of the molecule is CC1(C)OB(c2ccc3cccc(O[Si](C)(C)C(C)(C)C)c3c2)OC1(C)C. The summed E-state index contributed by atoms with van der Waals surface area (Å²) in [6.07, 6.45) is 0. The highest BCUT2D eigenvalue weighted by Gasteiger charge is 2.51. The van der Waals surface area contributed by atoms with Crippen LogP contribution in [0.5, 0.6) is 5.75 Å². The van der Waals surface area contributed by atoms with Crippen molar-refractivity contribution in [1.82, 2.24) is 0 Å². The average Bonchev–Trinajstić information content (AvgIpc) is 2.74. The molecule has 0 saturated carbocycles. The van der Waals surface area contributed by atoms with E-state index in [4.69, 9.17) is 13.7 Å². The lowest BCUT2D eigenvalue weighted by atomic mass is 9.78. The van der Waals surface area contributed by atoms with E-state index >= 15 is 0 Å². The second-order valence-electron chi connectivity index (χ2n) is 10.2. The van der Waals surface area contributed by atoms with Gasteiger partial charge in [-0.05, 0) is 62.7 Å². The maximum atomic E-state index is 6.64. The Morgan fingerprint density at radius 2 is 1.52 bits per heavy atom. The summed E-state index contributed by atoms with van der Waals surface area (Å²) in [4.78, 5) is 0. The van der Waals surface area contributed by atoms with Crippen molar-refractivity contribution in [3.8, 4) is 5.75 Å². The predicted molar refractivity (Wildman–Crippen MR) is 117 cm³/mol. The van der Waals surface area contributed by atoms with Crippen molar-refractivity contribution in [2.24, 2.45) is 0 Å². The molecule has 1 heterocycles. The summed E-state index contributed by atoms with van der Waals surface area (Å²) < 4.78 is 19.1. The van der Waals surface area contributed by atoms with E-state index in [1.165, 1.54) is 5.39 Å². The maximum Gasteiger partial charge on any atom is 0.494 e. The molecule has 0 spiro atoms. The van der Waals surface area contributed by atoms with Gasteiger partial charge in [0, 0.05) is 5.39 Å². The van der Waals surface area contributed by atoms with Crippen molar-refractivity contribution >= 4 is 31.7 Å². The number of rotatable bonds is 3. The van der Waals surface area contributed by atoms with E-state index < -0.39 is 8.32 Å². The van der Waals surface area contributed by atoms with Gasteiger partial charge in [0.2, 0.25) is 0 Å². The molecule has 3 nitrogen and oxygen atoms in total. The Balaban J connectivity index is 2.01. The van der Waals surface area contributed by atoms with Crippen molar-refractivity contribution in [2.75, 3.05) is 0 Å². The Labute approximate surface area is 165 Å². The van der Waals surface area contributed by atoms with Gasteiger partial charge in [-0.15, -0.1) is 0 Å². The molecule has 1 aliphatic heterocycles. The lowest BCUT2D eigenvalue weighted by Crippen LogP contribution is -2.44. The zero-order chi connectivity index (χ0) is 20.3. The fourth-order valence-electron chi connectivity index (χ4n) is 2.90. The van der Waals surface area contributed by atoms with Crippen LogP contribution in [0.1, 0.15) is 48.5 Å². The van der Waals surface area contributed by atoms with Crippen LogP contribution in [0, 0.1) is 0 Å². The van der Waals surface area contributed by atoms with Crippen molar-refractivity contribution in [1.29, 1.82) is 0 Å². The van der Waals surface area contributed by atoms with E-state index in [1.807, 2.05) is 0 Å². The fraction of sp³-hybridized carbons (Fsp3) is 0.545. The molecule has 0 aromatic heterocycles. The molecule has 1 saturated heterocycles. The molecule has 0 aliphatic carbocycles. The van der Waals surface area contributed by atoms with Crippen molar-refractivity contribution in [3.05, 3.63) is 36.4 Å². The van der Waals surface area contributed by atoms with Crippen molar-refractivity contribution in [3.63, 3.8) is 0 Å². The normalized spacial score (nSPS) is 19.5. The molecule has 27 heavy (non-hydrogen) atoms. The van der Waals surface area contributed by atoms with E-state index in [-0.39, 0.29) is 23.4 Å². The lowest BCUT2D eigenvalue weighted by Gasteiger charge is -2.36. The van der Waals surface area contributed by atoms with Crippen LogP contribution in [0.25, 0.3) is 10.8 Å². The van der Waals surface area contributed by atoms with Crippen molar-refractivity contribution < 1.29 is 13.7 Å². The number of fused-ring (bicyclic) bond motifs is 1. The summed E-state index contributed by atoms with van der Waals surface area (Å²) in [6, 6.07) is 12.7. The Hall–Kier alpha value is -1.30. The Morgan fingerprint density at radius 3 is 2.07 bits per heavy atom. The number of hydrogen-bond acceptors (Lipinski definition) is 3. The first-order valence-corrected chi connectivity index (χ1v) is 12.7. The van der Waals surface area contributed by atoms with Crippen LogP contribution in [0.2, 0.25) is 18.1 Å². The minimum atomic E-state index is -1.92. The standard InChI is InChI=1S/C22H33BO3Si/c1-20(2,3)27(8,9)24-19-12-10-11-16-13-14-17(15-18(16)19)23-25-21(4,5)22(6,7)26-23/h10-15H,1-9H3. The van der Waals surface area contributed by atoms with E-state index in [0.717, 1.165) is 16.6 Å². The molecular weight excluding hydrogens is 351 g/mol. The zero-order valence-corrected chi connectivity index (χ0v) is 19.3. The van der Waals surface area contributed by atoms with E-state index in [9.17, 15) is 0 Å². The third-order valence-corrected chi connectivity index (χ3v) is 10.9. The van der Waals surface area contributed by atoms with Gasteiger partial charge in [-0.1, -0.05) is 51.1 Å². The average molecular weight is 384 g/mol. The Morgan fingerprint density at radius 1 is 0.926 bits per heavy atom. The third kappa shape index (κ3) is 3.69. The first-order valence-electron chi connectivity index (χ1n) is 9.81. The minimum absolute atomic E-state index is 0.151. The Bertz CT molecular complexity index is 836. The summed E-state index contributed by atoms with van der Waals surface area (Å²) in [7, 11) is -2.28. The van der Waals surface area contributed by atoms with Gasteiger partial charge in [-0.2, -0.15) is 0 Å². The van der Waals surface area contributed by atoms with Crippen LogP contribution in [0.15, 0.2) is 36.4 Å². The van der Waals surface area contributed by atoms with Gasteiger partial charge in [0.05, 0.1) is 11.2 Å². The topological polar surface area (TPSA) is 27.7 Å². The van der Waals surface area contributed by atoms with Gasteiger partial charge in [-0.25, -0.2) is 0 Å². The first-order chi connectivity index (χ1) is 12.2. The van der Waals surface area contributed by atoms with Gasteiger partial charge < -0.3 is 13.7 Å². The highest BCUT2D eigenvalue weighted by molar-refractivity contribution is 6.74. The molecule has 0 bridgehead atoms. The second kappa shape index (κ2) is 6.36. The molecule has 0 atom stereocenters. The zero-order valence-electron chi connectivity index (χ0n) is 18.3. The van der Waals surface area contributed by atoms with Crippen LogP contribution in [-0.2, 0) is 9.31 Å². The Kier molecular flexibility index (Phi) is 4.82. The van der Waals surface area contributed by atoms with Crippen LogP contribution in [-0.4, -0.2) is 26.6 Å². The molecule has 3 rings (SSSR count). The molecule has 2 aromatic rings. The molecular formula is C22H33BO3Si. The maximum absolute atomic E-state index is 6.64. The van der Waals surface area contributed by atoms with Crippen LogP contribution >= 0.6 is 0 Å². The lowest BCUT2D eigenvalue weighted by molar-refractivity contribution is 0.00578. The van der Waals surface area contributed by atoms with Crippen LogP contribution < -0.4 is 9.89 Å². The predicted octanol–water partition coefficient (Wildman–Crippen LogP) is 5.52. The molecule has 5 heteroatoms. The molecule has 2 aromatic carbocycles. The van der Waals surface area contributed by atoms with Gasteiger partial charge in [0.25, 0.3) is 8.32 Å². The van der Waals surface area contributed by atoms with E-state index in [2.05, 4.69) is 98.0 Å². The van der Waals surface area contributed by atoms with E-state index in [1.54, 1.807) is 0 Å². The molecule has 0 unspecified atom stereocenters. The van der Waals surface area contributed by atoms with Crippen LogP contribution in [0.4, 0.5) is 0 Å². The quantitative estimate of drug-likeness (QED) is 0.652. The van der Waals surface area contributed by atoms with Crippen LogP contribution in [0.3, 0.4) is 0 Å². The minimum Gasteiger partial charge on any atom is -0.543 e. The second-order valence-corrected chi connectivity index (χ2v) is 14.9. The molecule has 146 valence electrons. The smallest absolute Gasteiger partial charge is 0.494 e. The monoisotopic (exact) mass is 384 g/mol. The largest absolute Gasteiger partial charge is 0.543 e. The van der Waals surface area contributed by atoms with Gasteiger partial charge in [0.1, 0.15) is 5.75 Å². The third-order valence-electron chi connectivity index (χ3n) is 6.56. The van der Waals surface area contributed by atoms with E-state index in [0.29, 0.717) is 0 Å². The fourth-order valence-corrected chi connectivity index (χ4v) is 3.94. The van der Waals surface area contributed by atoms with Crippen molar-refractivity contribution in [2.45, 2.75) is 77.8 Å². The molecule has 1 aliphatic rings. The summed E-state index contributed by atoms with van der Waals surface area (Å²) in [5.74, 6) is 0.956. The highest BCUT2D eigenvalue weighted by Crippen LogP contribution is 2.40. The molecule has 0 amide bonds. The molecule has 0 radical (unpaired) electrons. The summed E-state index contributed by atoms with van der Waals surface area (Å²) in [6.45, 7) is 19.7. The van der Waals surface area contributed by atoms with Gasteiger partial charge in [0.15, 0.2) is 0 Å².